The zero-order chi connectivity index (χ0) is 24.5. The van der Waals surface area contributed by atoms with Crippen LogP contribution in [0.1, 0.15) is 81.6 Å². The van der Waals surface area contributed by atoms with Crippen LogP contribution in [0, 0.1) is 11.8 Å². The van der Waals surface area contributed by atoms with Crippen molar-refractivity contribution >= 4 is 17.8 Å². The predicted molar refractivity (Wildman–Crippen MR) is 126 cm³/mol. The van der Waals surface area contributed by atoms with Gasteiger partial charge in [-0.25, -0.2) is 4.79 Å². The fraction of sp³-hybridized carbons (Fsp3) is 0.792. The van der Waals surface area contributed by atoms with Gasteiger partial charge in [-0.15, -0.1) is 0 Å². The van der Waals surface area contributed by atoms with E-state index in [9.17, 15) is 19.5 Å². The Hall–Kier alpha value is -1.89. The van der Waals surface area contributed by atoms with Crippen LogP contribution in [0.3, 0.4) is 0 Å². The molecule has 3 N–H and O–H groups in total. The maximum absolute atomic E-state index is 13.5. The number of rotatable bonds is 13. The number of carbonyl (C=O) groups excluding carboxylic acids is 2. The molecule has 0 radical (unpaired) electrons. The molecule has 7 nitrogen and oxygen atoms in total. The summed E-state index contributed by atoms with van der Waals surface area (Å²) in [4.78, 5) is 39.8. The second kappa shape index (κ2) is 12.8. The number of nitrogens with zero attached hydrogens (tertiary/aromatic N) is 1. The summed E-state index contributed by atoms with van der Waals surface area (Å²) >= 11 is 0. The number of carbonyl (C=O) groups is 3. The number of likely N-dealkylation sites (N-methyl/N-ethyl adjacent to an activating group) is 1. The Morgan fingerprint density at radius 3 is 1.90 bits per heavy atom. The summed E-state index contributed by atoms with van der Waals surface area (Å²) in [5.41, 5.74) is -0.546. The molecule has 0 aromatic heterocycles. The van der Waals surface area contributed by atoms with E-state index in [-0.39, 0.29) is 41.3 Å². The molecule has 0 saturated heterocycles. The van der Waals surface area contributed by atoms with Gasteiger partial charge >= 0.3 is 5.97 Å². The van der Waals surface area contributed by atoms with Crippen molar-refractivity contribution in [2.24, 2.45) is 11.8 Å². The van der Waals surface area contributed by atoms with Crippen molar-refractivity contribution in [3.05, 3.63) is 11.6 Å². The number of hydrogen-bond donors (Lipinski definition) is 3. The number of carboxylic acids is 1. The zero-order valence-electron chi connectivity index (χ0n) is 21.2. The molecule has 0 bridgehead atoms. The van der Waals surface area contributed by atoms with E-state index in [0.29, 0.717) is 12.8 Å². The first-order chi connectivity index (χ1) is 14.3. The molecule has 0 aromatic rings. The highest BCUT2D eigenvalue weighted by Gasteiger charge is 2.39. The first-order valence-corrected chi connectivity index (χ1v) is 11.5. The maximum atomic E-state index is 13.5. The lowest BCUT2D eigenvalue weighted by molar-refractivity contribution is -0.140. The minimum absolute atomic E-state index is 0.0181. The van der Waals surface area contributed by atoms with Crippen molar-refractivity contribution in [3.8, 4) is 0 Å². The molecule has 31 heavy (non-hydrogen) atoms. The molecule has 2 amide bonds. The summed E-state index contributed by atoms with van der Waals surface area (Å²) in [7, 11) is 1.68. The number of aliphatic carboxylic acids is 1. The Morgan fingerprint density at radius 2 is 1.55 bits per heavy atom. The molecule has 7 heteroatoms. The number of carboxylic acid groups (broad SMARTS) is 1. The van der Waals surface area contributed by atoms with Crippen molar-refractivity contribution in [2.45, 2.75) is 105 Å². The Balaban J connectivity index is 5.97. The largest absolute Gasteiger partial charge is 0.478 e. The van der Waals surface area contributed by atoms with Gasteiger partial charge in [0.05, 0.1) is 11.6 Å². The smallest absolute Gasteiger partial charge is 0.331 e. The SMILES string of the molecule is CC[C@H](C)C(NC(=O)C(CC)(CC)NC(C)C)C(=O)N(C)[C@H](C=C(C)C(=O)O)C(C)C. The van der Waals surface area contributed by atoms with Gasteiger partial charge in [0.15, 0.2) is 0 Å². The van der Waals surface area contributed by atoms with E-state index < -0.39 is 17.6 Å². The lowest BCUT2D eigenvalue weighted by Gasteiger charge is -2.38. The van der Waals surface area contributed by atoms with Crippen LogP contribution in [-0.2, 0) is 14.4 Å². The standard InChI is InChI=1S/C24H45N3O4/c1-11-17(8)20(25-23(31)24(12-2,13-3)26-16(6)7)21(28)27(10)19(15(4)5)14-18(9)22(29)30/h14-17,19-20,26H,11-13H2,1-10H3,(H,25,31)(H,29,30)/t17-,19+,20?/m0/s1. The summed E-state index contributed by atoms with van der Waals surface area (Å²) in [5, 5.41) is 15.7. The van der Waals surface area contributed by atoms with Crippen molar-refractivity contribution in [2.75, 3.05) is 7.05 Å². The van der Waals surface area contributed by atoms with Crippen molar-refractivity contribution in [1.29, 1.82) is 0 Å². The van der Waals surface area contributed by atoms with Crippen LogP contribution in [-0.4, -0.2) is 58.5 Å². The monoisotopic (exact) mass is 439 g/mol. The predicted octanol–water partition coefficient (Wildman–Crippen LogP) is 3.59. The molecule has 0 spiro atoms. The third kappa shape index (κ3) is 7.95. The van der Waals surface area contributed by atoms with Gasteiger partial charge in [-0.2, -0.15) is 0 Å². The number of nitrogens with one attached hydrogen (secondary N) is 2. The van der Waals surface area contributed by atoms with Gasteiger partial charge in [0, 0.05) is 18.7 Å². The normalized spacial score (nSPS) is 15.5. The maximum Gasteiger partial charge on any atom is 0.331 e. The second-order valence-electron chi connectivity index (χ2n) is 9.26. The molecule has 0 heterocycles. The van der Waals surface area contributed by atoms with Gasteiger partial charge in [-0.1, -0.05) is 54.0 Å². The van der Waals surface area contributed by atoms with E-state index >= 15 is 0 Å². The Labute approximate surface area is 189 Å². The van der Waals surface area contributed by atoms with Crippen LogP contribution in [0.25, 0.3) is 0 Å². The lowest BCUT2D eigenvalue weighted by atomic mass is 9.88. The Bertz CT molecular complexity index is 639. The molecule has 0 aliphatic heterocycles. The average molecular weight is 440 g/mol. The fourth-order valence-corrected chi connectivity index (χ4v) is 3.80. The van der Waals surface area contributed by atoms with E-state index in [1.165, 1.54) is 6.92 Å². The molecule has 0 rings (SSSR count). The minimum Gasteiger partial charge on any atom is -0.478 e. The van der Waals surface area contributed by atoms with Crippen LogP contribution in [0.5, 0.6) is 0 Å². The highest BCUT2D eigenvalue weighted by atomic mass is 16.4. The van der Waals surface area contributed by atoms with Crippen molar-refractivity contribution < 1.29 is 19.5 Å². The van der Waals surface area contributed by atoms with Crippen molar-refractivity contribution in [3.63, 3.8) is 0 Å². The van der Waals surface area contributed by atoms with Crippen molar-refractivity contribution in [1.82, 2.24) is 15.5 Å². The summed E-state index contributed by atoms with van der Waals surface area (Å²) < 4.78 is 0. The van der Waals surface area contributed by atoms with Crippen LogP contribution >= 0.6 is 0 Å². The molecule has 180 valence electrons. The summed E-state index contributed by atoms with van der Waals surface area (Å²) in [6.07, 6.45) is 3.56. The van der Waals surface area contributed by atoms with Gasteiger partial charge in [-0.05, 0) is 45.4 Å². The van der Waals surface area contributed by atoms with E-state index in [1.807, 2.05) is 55.4 Å². The van der Waals surface area contributed by atoms with E-state index in [2.05, 4.69) is 10.6 Å². The molecular formula is C24H45N3O4. The van der Waals surface area contributed by atoms with Gasteiger partial charge in [0.1, 0.15) is 6.04 Å². The van der Waals surface area contributed by atoms with Gasteiger partial charge < -0.3 is 20.6 Å². The highest BCUT2D eigenvalue weighted by Crippen LogP contribution is 2.21. The molecular weight excluding hydrogens is 394 g/mol. The Morgan fingerprint density at radius 1 is 1.03 bits per heavy atom. The summed E-state index contributed by atoms with van der Waals surface area (Å²) in [5.74, 6) is -1.43. The molecule has 3 atom stereocenters. The summed E-state index contributed by atoms with van der Waals surface area (Å²) in [6, 6.07) is -0.947. The first kappa shape index (κ1) is 29.1. The van der Waals surface area contributed by atoms with Gasteiger partial charge in [0.25, 0.3) is 0 Å². The van der Waals surface area contributed by atoms with E-state index in [0.717, 1.165) is 6.42 Å². The first-order valence-electron chi connectivity index (χ1n) is 11.5. The minimum atomic E-state index is -1.01. The van der Waals surface area contributed by atoms with Gasteiger partial charge in [0.2, 0.25) is 11.8 Å². The molecule has 0 fully saturated rings. The number of hydrogen-bond acceptors (Lipinski definition) is 4. The average Bonchev–Trinajstić information content (AvgIpc) is 2.71. The van der Waals surface area contributed by atoms with Crippen LogP contribution in [0.15, 0.2) is 11.6 Å². The molecule has 0 aliphatic rings. The third-order valence-electron chi connectivity index (χ3n) is 6.21. The molecule has 0 saturated carbocycles. The molecule has 0 aliphatic carbocycles. The van der Waals surface area contributed by atoms with E-state index in [4.69, 9.17) is 0 Å². The quantitative estimate of drug-likeness (QED) is 0.381. The number of amides is 2. The highest BCUT2D eigenvalue weighted by molar-refractivity contribution is 5.92. The third-order valence-corrected chi connectivity index (χ3v) is 6.21. The topological polar surface area (TPSA) is 98.7 Å². The van der Waals surface area contributed by atoms with Crippen LogP contribution in [0.2, 0.25) is 0 Å². The van der Waals surface area contributed by atoms with Crippen LogP contribution < -0.4 is 10.6 Å². The summed E-state index contributed by atoms with van der Waals surface area (Å²) in [6.45, 7) is 17.3. The Kier molecular flexibility index (Phi) is 12.1. The van der Waals surface area contributed by atoms with Crippen LogP contribution in [0.4, 0.5) is 0 Å². The fourth-order valence-electron chi connectivity index (χ4n) is 3.80. The molecule has 1 unspecified atom stereocenters. The zero-order valence-corrected chi connectivity index (χ0v) is 21.2. The van der Waals surface area contributed by atoms with E-state index in [1.54, 1.807) is 18.0 Å². The lowest BCUT2D eigenvalue weighted by Crippen LogP contribution is -2.63. The second-order valence-corrected chi connectivity index (χ2v) is 9.26. The molecule has 0 aromatic carbocycles. The van der Waals surface area contributed by atoms with Gasteiger partial charge in [-0.3, -0.25) is 9.59 Å².